The highest BCUT2D eigenvalue weighted by Crippen LogP contribution is 2.48. The van der Waals surface area contributed by atoms with Crippen molar-refractivity contribution >= 4 is 20.9 Å². The van der Waals surface area contributed by atoms with E-state index in [1.54, 1.807) is 7.05 Å². The molecule has 2 saturated carbocycles. The average Bonchev–Trinajstić information content (AvgIpc) is 3.25. The fraction of sp³-hybridized carbons (Fsp3) is 0.556. The molecule has 2 bridgehead atoms. The van der Waals surface area contributed by atoms with Crippen LogP contribution in [0.3, 0.4) is 0 Å². The summed E-state index contributed by atoms with van der Waals surface area (Å²) in [7, 11) is -0.745. The Labute approximate surface area is 151 Å². The van der Waals surface area contributed by atoms with Crippen LogP contribution in [0, 0.1) is 17.8 Å². The molecule has 140 valence electrons. The van der Waals surface area contributed by atoms with Gasteiger partial charge in [0.15, 0.2) is 0 Å². The first-order valence-electron chi connectivity index (χ1n) is 8.97. The molecule has 0 radical (unpaired) electrons. The summed E-state index contributed by atoms with van der Waals surface area (Å²) in [5.74, 6) is 1.82. The largest absolute Gasteiger partial charge is 0.330 e. The van der Waals surface area contributed by atoms with Gasteiger partial charge in [0, 0.05) is 20.6 Å². The first-order chi connectivity index (χ1) is 12.3. The zero-order chi connectivity index (χ0) is 18.6. The summed E-state index contributed by atoms with van der Waals surface area (Å²) in [4.78, 5) is 24.4. The molecule has 1 N–H and O–H groups in total. The van der Waals surface area contributed by atoms with Crippen LogP contribution in [0.2, 0.25) is 0 Å². The normalized spacial score (nSPS) is 25.2. The maximum atomic E-state index is 12.7. The highest BCUT2D eigenvalue weighted by molar-refractivity contribution is 7.89. The van der Waals surface area contributed by atoms with Crippen molar-refractivity contribution < 1.29 is 8.42 Å². The van der Waals surface area contributed by atoms with E-state index in [0.717, 1.165) is 16.9 Å². The number of aryl methyl sites for hydroxylation is 1. The quantitative estimate of drug-likeness (QED) is 0.859. The molecule has 0 aliphatic heterocycles. The lowest BCUT2D eigenvalue weighted by Crippen LogP contribution is -2.37. The van der Waals surface area contributed by atoms with Crippen molar-refractivity contribution in [3.05, 3.63) is 39.0 Å². The van der Waals surface area contributed by atoms with E-state index in [4.69, 9.17) is 0 Å². The van der Waals surface area contributed by atoms with Crippen molar-refractivity contribution in [2.45, 2.75) is 30.6 Å². The number of aromatic nitrogens is 2. The minimum atomic E-state index is -3.69. The van der Waals surface area contributed by atoms with Crippen LogP contribution in [-0.4, -0.2) is 24.1 Å². The Balaban J connectivity index is 1.65. The first kappa shape index (κ1) is 17.5. The maximum Gasteiger partial charge on any atom is 0.330 e. The summed E-state index contributed by atoms with van der Waals surface area (Å²) < 4.78 is 30.4. The van der Waals surface area contributed by atoms with E-state index in [0.29, 0.717) is 23.9 Å². The Kier molecular flexibility index (Phi) is 4.07. The summed E-state index contributed by atoms with van der Waals surface area (Å²) >= 11 is 0. The SMILES string of the molecule is Cn1c(=O)c2cc(S(=O)(=O)NC[C@H]3C[C@H]4CC[C@H]3C4)ccc2n(C)c1=O. The molecular weight excluding hydrogens is 354 g/mol. The molecule has 8 heteroatoms. The van der Waals surface area contributed by atoms with Crippen molar-refractivity contribution in [1.82, 2.24) is 13.9 Å². The molecule has 0 amide bonds. The van der Waals surface area contributed by atoms with Gasteiger partial charge in [-0.25, -0.2) is 17.9 Å². The van der Waals surface area contributed by atoms with E-state index in [9.17, 15) is 18.0 Å². The van der Waals surface area contributed by atoms with E-state index in [2.05, 4.69) is 4.72 Å². The molecule has 7 nitrogen and oxygen atoms in total. The Bertz CT molecular complexity index is 1100. The van der Waals surface area contributed by atoms with Gasteiger partial charge in [-0.2, -0.15) is 0 Å². The van der Waals surface area contributed by atoms with Gasteiger partial charge in [-0.1, -0.05) is 6.42 Å². The van der Waals surface area contributed by atoms with E-state index < -0.39 is 21.3 Å². The third kappa shape index (κ3) is 2.72. The zero-order valence-electron chi connectivity index (χ0n) is 14.9. The third-order valence-electron chi connectivity index (χ3n) is 6.17. The van der Waals surface area contributed by atoms with Gasteiger partial charge in [0.05, 0.1) is 15.8 Å². The molecule has 0 unspecified atom stereocenters. The average molecular weight is 377 g/mol. The molecule has 2 fully saturated rings. The van der Waals surface area contributed by atoms with Gasteiger partial charge in [0.2, 0.25) is 10.0 Å². The van der Waals surface area contributed by atoms with Crippen molar-refractivity contribution in [2.24, 2.45) is 31.8 Å². The van der Waals surface area contributed by atoms with E-state index in [1.807, 2.05) is 0 Å². The summed E-state index contributed by atoms with van der Waals surface area (Å²) in [6.45, 7) is 0.451. The van der Waals surface area contributed by atoms with E-state index in [1.165, 1.54) is 49.1 Å². The molecule has 1 aromatic heterocycles. The van der Waals surface area contributed by atoms with Crippen LogP contribution >= 0.6 is 0 Å². The number of nitrogens with one attached hydrogen (secondary N) is 1. The molecule has 3 atom stereocenters. The number of nitrogens with zero attached hydrogens (tertiary/aromatic N) is 2. The molecule has 1 heterocycles. The lowest BCUT2D eigenvalue weighted by molar-refractivity contribution is 0.333. The van der Waals surface area contributed by atoms with Crippen LogP contribution in [0.15, 0.2) is 32.7 Å². The van der Waals surface area contributed by atoms with Gasteiger partial charge in [-0.15, -0.1) is 0 Å². The van der Waals surface area contributed by atoms with Crippen LogP contribution in [-0.2, 0) is 24.1 Å². The molecular formula is C18H23N3O4S. The molecule has 2 aliphatic carbocycles. The lowest BCUT2D eigenvalue weighted by atomic mass is 9.89. The summed E-state index contributed by atoms with van der Waals surface area (Å²) in [6.07, 6.45) is 4.82. The Morgan fingerprint density at radius 3 is 2.54 bits per heavy atom. The van der Waals surface area contributed by atoms with Crippen LogP contribution in [0.1, 0.15) is 25.7 Å². The number of hydrogen-bond acceptors (Lipinski definition) is 4. The van der Waals surface area contributed by atoms with Gasteiger partial charge < -0.3 is 0 Å². The fourth-order valence-electron chi connectivity index (χ4n) is 4.67. The van der Waals surface area contributed by atoms with Crippen molar-refractivity contribution in [3.8, 4) is 0 Å². The predicted octanol–water partition coefficient (Wildman–Crippen LogP) is 0.952. The Morgan fingerprint density at radius 2 is 1.88 bits per heavy atom. The van der Waals surface area contributed by atoms with Crippen molar-refractivity contribution in [3.63, 3.8) is 0 Å². The van der Waals surface area contributed by atoms with Crippen molar-refractivity contribution in [1.29, 1.82) is 0 Å². The van der Waals surface area contributed by atoms with Gasteiger partial charge in [-0.05, 0) is 55.2 Å². The number of benzene rings is 1. The molecule has 2 aliphatic rings. The highest BCUT2D eigenvalue weighted by atomic mass is 32.2. The second-order valence-corrected chi connectivity index (χ2v) is 9.44. The number of rotatable bonds is 4. The van der Waals surface area contributed by atoms with Gasteiger partial charge in [0.1, 0.15) is 0 Å². The van der Waals surface area contributed by atoms with Crippen LogP contribution < -0.4 is 16.0 Å². The second kappa shape index (κ2) is 6.06. The molecule has 4 rings (SSSR count). The predicted molar refractivity (Wildman–Crippen MR) is 98.6 cm³/mol. The zero-order valence-corrected chi connectivity index (χ0v) is 15.8. The number of hydrogen-bond donors (Lipinski definition) is 1. The number of sulfonamides is 1. The molecule has 0 spiro atoms. The second-order valence-electron chi connectivity index (χ2n) is 7.67. The first-order valence-corrected chi connectivity index (χ1v) is 10.5. The molecule has 2 aromatic rings. The smallest absolute Gasteiger partial charge is 0.296 e. The summed E-state index contributed by atoms with van der Waals surface area (Å²) in [5, 5.41) is 0.220. The van der Waals surface area contributed by atoms with E-state index in [-0.39, 0.29) is 10.3 Å². The number of fused-ring (bicyclic) bond motifs is 3. The fourth-order valence-corrected chi connectivity index (χ4v) is 5.79. The third-order valence-corrected chi connectivity index (χ3v) is 7.59. The van der Waals surface area contributed by atoms with E-state index >= 15 is 0 Å². The molecule has 1 aromatic carbocycles. The highest BCUT2D eigenvalue weighted by Gasteiger charge is 2.39. The Morgan fingerprint density at radius 1 is 1.12 bits per heavy atom. The Hall–Kier alpha value is -1.93. The monoisotopic (exact) mass is 377 g/mol. The van der Waals surface area contributed by atoms with Gasteiger partial charge in [-0.3, -0.25) is 13.9 Å². The summed E-state index contributed by atoms with van der Waals surface area (Å²) in [6, 6.07) is 4.33. The van der Waals surface area contributed by atoms with Gasteiger partial charge in [0.25, 0.3) is 5.56 Å². The minimum absolute atomic E-state index is 0.0592. The summed E-state index contributed by atoms with van der Waals surface area (Å²) in [5.41, 5.74) is -0.508. The lowest BCUT2D eigenvalue weighted by Gasteiger charge is -2.21. The van der Waals surface area contributed by atoms with Crippen LogP contribution in [0.25, 0.3) is 10.9 Å². The minimum Gasteiger partial charge on any atom is -0.296 e. The van der Waals surface area contributed by atoms with Crippen molar-refractivity contribution in [2.75, 3.05) is 6.54 Å². The molecule has 0 saturated heterocycles. The van der Waals surface area contributed by atoms with Gasteiger partial charge >= 0.3 is 5.69 Å². The van der Waals surface area contributed by atoms with Crippen LogP contribution in [0.4, 0.5) is 0 Å². The standard InChI is InChI=1S/C18H23N3O4S/c1-20-16-6-5-14(9-15(16)17(22)21(2)18(20)23)26(24,25)19-10-13-8-11-3-4-12(13)7-11/h5-6,9,11-13,19H,3-4,7-8,10H2,1-2H3/t11-,12-,13+/m0/s1. The maximum absolute atomic E-state index is 12.7. The topological polar surface area (TPSA) is 90.2 Å². The molecule has 26 heavy (non-hydrogen) atoms. The van der Waals surface area contributed by atoms with Crippen LogP contribution in [0.5, 0.6) is 0 Å².